The van der Waals surface area contributed by atoms with Gasteiger partial charge in [-0.25, -0.2) is 4.39 Å². The molecule has 2 N–H and O–H groups in total. The topological polar surface area (TPSA) is 96.5 Å². The van der Waals surface area contributed by atoms with Crippen molar-refractivity contribution in [3.05, 3.63) is 65.1 Å². The van der Waals surface area contributed by atoms with Crippen molar-refractivity contribution >= 4 is 39.1 Å². The fourth-order valence-electron chi connectivity index (χ4n) is 2.29. The summed E-state index contributed by atoms with van der Waals surface area (Å²) in [6.45, 7) is 0.177. The molecule has 0 radical (unpaired) electrons. The van der Waals surface area contributed by atoms with E-state index in [1.807, 2.05) is 30.3 Å². The lowest BCUT2D eigenvalue weighted by atomic mass is 10.2. The van der Waals surface area contributed by atoms with Crippen molar-refractivity contribution in [1.29, 1.82) is 0 Å². The van der Waals surface area contributed by atoms with Gasteiger partial charge in [0.15, 0.2) is 0 Å². The first kappa shape index (κ1) is 19.9. The van der Waals surface area contributed by atoms with Gasteiger partial charge in [-0.15, -0.1) is 0 Å². The normalized spacial score (nSPS) is 10.9. The zero-order valence-corrected chi connectivity index (χ0v) is 14.9. The molecular formula is C17H15ClFNO5S. The van der Waals surface area contributed by atoms with Gasteiger partial charge in [0.2, 0.25) is 0 Å². The highest BCUT2D eigenvalue weighted by Gasteiger charge is 2.22. The van der Waals surface area contributed by atoms with Crippen LogP contribution in [0.4, 0.5) is 4.39 Å². The highest BCUT2D eigenvalue weighted by molar-refractivity contribution is 7.86. The quantitative estimate of drug-likeness (QED) is 0.388. The molecule has 0 atom stereocenters. The van der Waals surface area contributed by atoms with E-state index < -0.39 is 20.8 Å². The van der Waals surface area contributed by atoms with Gasteiger partial charge in [0.25, 0.3) is 16.6 Å². The summed E-state index contributed by atoms with van der Waals surface area (Å²) in [4.78, 5) is 12.4. The third-order valence-corrected chi connectivity index (χ3v) is 4.55. The molecule has 0 fully saturated rings. The second-order valence-corrected chi connectivity index (χ2v) is 6.91. The summed E-state index contributed by atoms with van der Waals surface area (Å²) in [6, 6.07) is 13.0. The average Bonchev–Trinajstić information content (AvgIpc) is 2.94. The lowest BCUT2D eigenvalue weighted by Crippen LogP contribution is -2.05. The standard InChI is InChI=1S/C11H10FNO5S.C6H5Cl/c12-7-1-2-9-8(5-7)11(19(15,16)17)10(13-9)3-4-18-6-14;7-6-4-2-1-3-5-6/h1-2,5-6,13H,3-4H2,(H,15,16,17);1-5H. The van der Waals surface area contributed by atoms with E-state index in [9.17, 15) is 22.2 Å². The lowest BCUT2D eigenvalue weighted by Gasteiger charge is -2.01. The molecule has 0 aliphatic carbocycles. The van der Waals surface area contributed by atoms with Crippen LogP contribution in [0, 0.1) is 5.82 Å². The van der Waals surface area contributed by atoms with Crippen LogP contribution >= 0.6 is 11.6 Å². The number of benzene rings is 2. The third-order valence-electron chi connectivity index (χ3n) is 3.31. The Labute approximate surface area is 154 Å². The van der Waals surface area contributed by atoms with Crippen molar-refractivity contribution in [3.63, 3.8) is 0 Å². The minimum Gasteiger partial charge on any atom is -0.467 e. The Kier molecular flexibility index (Phi) is 6.73. The van der Waals surface area contributed by atoms with Crippen molar-refractivity contribution in [3.8, 4) is 0 Å². The summed E-state index contributed by atoms with van der Waals surface area (Å²) in [6.07, 6.45) is 0.0597. The lowest BCUT2D eigenvalue weighted by molar-refractivity contribution is -0.128. The largest absolute Gasteiger partial charge is 0.467 e. The number of carbonyl (C=O) groups is 1. The van der Waals surface area contributed by atoms with E-state index in [1.165, 1.54) is 6.07 Å². The highest BCUT2D eigenvalue weighted by Crippen LogP contribution is 2.28. The summed E-state index contributed by atoms with van der Waals surface area (Å²) < 4.78 is 49.6. The van der Waals surface area contributed by atoms with Crippen LogP contribution in [0.25, 0.3) is 10.9 Å². The molecule has 2 aromatic carbocycles. The minimum absolute atomic E-state index is 0.0542. The fraction of sp³-hybridized carbons (Fsp3) is 0.118. The molecule has 6 nitrogen and oxygen atoms in total. The number of fused-ring (bicyclic) bond motifs is 1. The Hall–Kier alpha value is -2.42. The van der Waals surface area contributed by atoms with Crippen LogP contribution in [-0.4, -0.2) is 31.0 Å². The summed E-state index contributed by atoms with van der Waals surface area (Å²) in [7, 11) is -4.51. The van der Waals surface area contributed by atoms with Gasteiger partial charge in [-0.05, 0) is 30.3 Å². The number of nitrogens with one attached hydrogen (secondary N) is 1. The second-order valence-electron chi connectivity index (χ2n) is 5.11. The Balaban J connectivity index is 0.000000290. The number of H-pyrrole nitrogens is 1. The molecule has 1 heterocycles. The Morgan fingerprint density at radius 2 is 1.88 bits per heavy atom. The van der Waals surface area contributed by atoms with E-state index in [-0.39, 0.29) is 30.6 Å². The van der Waals surface area contributed by atoms with Crippen molar-refractivity contribution in [2.24, 2.45) is 0 Å². The van der Waals surface area contributed by atoms with Gasteiger partial charge in [0, 0.05) is 28.0 Å². The number of hydrogen-bond donors (Lipinski definition) is 2. The molecule has 0 amide bonds. The van der Waals surface area contributed by atoms with E-state index in [4.69, 9.17) is 11.6 Å². The van der Waals surface area contributed by atoms with Gasteiger partial charge in [-0.3, -0.25) is 9.35 Å². The first-order chi connectivity index (χ1) is 12.3. The molecule has 0 aliphatic rings. The third kappa shape index (κ3) is 5.29. The first-order valence-corrected chi connectivity index (χ1v) is 9.18. The van der Waals surface area contributed by atoms with Gasteiger partial charge in [-0.2, -0.15) is 8.42 Å². The van der Waals surface area contributed by atoms with Crippen LogP contribution in [0.2, 0.25) is 5.02 Å². The van der Waals surface area contributed by atoms with Crippen LogP contribution in [0.5, 0.6) is 0 Å². The Bertz CT molecular complexity index is 989. The molecule has 0 spiro atoms. The van der Waals surface area contributed by atoms with E-state index in [2.05, 4.69) is 9.72 Å². The number of ether oxygens (including phenoxy) is 1. The number of rotatable bonds is 5. The van der Waals surface area contributed by atoms with Crippen molar-refractivity contribution in [2.75, 3.05) is 6.61 Å². The summed E-state index contributed by atoms with van der Waals surface area (Å²) >= 11 is 5.54. The molecule has 0 unspecified atom stereocenters. The molecule has 3 rings (SSSR count). The van der Waals surface area contributed by atoms with Gasteiger partial charge < -0.3 is 9.72 Å². The Morgan fingerprint density at radius 1 is 1.19 bits per heavy atom. The Morgan fingerprint density at radius 3 is 2.42 bits per heavy atom. The molecule has 0 saturated heterocycles. The van der Waals surface area contributed by atoms with Gasteiger partial charge in [0.05, 0.1) is 6.61 Å². The number of carbonyl (C=O) groups excluding carboxylic acids is 1. The maximum Gasteiger partial charge on any atom is 0.296 e. The summed E-state index contributed by atoms with van der Waals surface area (Å²) in [5, 5.41) is 0.853. The smallest absolute Gasteiger partial charge is 0.296 e. The molecule has 3 aromatic rings. The molecule has 9 heteroatoms. The van der Waals surface area contributed by atoms with E-state index >= 15 is 0 Å². The molecule has 0 bridgehead atoms. The molecule has 1 aromatic heterocycles. The zero-order valence-electron chi connectivity index (χ0n) is 13.4. The molecule has 0 aliphatic heterocycles. The number of aromatic nitrogens is 1. The van der Waals surface area contributed by atoms with Gasteiger partial charge in [0.1, 0.15) is 10.7 Å². The van der Waals surface area contributed by atoms with Crippen LogP contribution in [-0.2, 0) is 26.1 Å². The number of hydrogen-bond acceptors (Lipinski definition) is 4. The monoisotopic (exact) mass is 399 g/mol. The highest BCUT2D eigenvalue weighted by atomic mass is 35.5. The first-order valence-electron chi connectivity index (χ1n) is 7.36. The van der Waals surface area contributed by atoms with Crippen LogP contribution in [0.1, 0.15) is 5.69 Å². The van der Waals surface area contributed by atoms with E-state index in [1.54, 1.807) is 0 Å². The van der Waals surface area contributed by atoms with Crippen molar-refractivity contribution in [2.45, 2.75) is 11.3 Å². The molecular weight excluding hydrogens is 385 g/mol. The maximum absolute atomic E-state index is 13.2. The van der Waals surface area contributed by atoms with Gasteiger partial charge in [-0.1, -0.05) is 29.8 Å². The molecule has 138 valence electrons. The molecule has 26 heavy (non-hydrogen) atoms. The van der Waals surface area contributed by atoms with E-state index in [0.717, 1.165) is 17.2 Å². The predicted molar refractivity (Wildman–Crippen MR) is 95.2 cm³/mol. The molecule has 0 saturated carbocycles. The summed E-state index contributed by atoms with van der Waals surface area (Å²) in [5.41, 5.74) is 0.528. The summed E-state index contributed by atoms with van der Waals surface area (Å²) in [5.74, 6) is -0.618. The minimum atomic E-state index is -4.51. The van der Waals surface area contributed by atoms with Crippen LogP contribution in [0.15, 0.2) is 53.4 Å². The zero-order chi connectivity index (χ0) is 19.2. The average molecular weight is 400 g/mol. The second kappa shape index (κ2) is 8.79. The van der Waals surface area contributed by atoms with Crippen molar-refractivity contribution < 1.29 is 26.9 Å². The predicted octanol–water partition coefficient (Wildman–Crippen LogP) is 3.61. The number of halogens is 2. The fourth-order valence-corrected chi connectivity index (χ4v) is 3.35. The van der Waals surface area contributed by atoms with Crippen molar-refractivity contribution in [1.82, 2.24) is 4.98 Å². The number of aromatic amines is 1. The maximum atomic E-state index is 13.2. The SMILES string of the molecule is Clc1ccccc1.O=COCCc1[nH]c2ccc(F)cc2c1S(=O)(=O)O. The van der Waals surface area contributed by atoms with E-state index in [0.29, 0.717) is 5.52 Å². The van der Waals surface area contributed by atoms with Crippen LogP contribution < -0.4 is 0 Å². The van der Waals surface area contributed by atoms with Crippen LogP contribution in [0.3, 0.4) is 0 Å². The van der Waals surface area contributed by atoms with Gasteiger partial charge >= 0.3 is 0 Å².